The van der Waals surface area contributed by atoms with Gasteiger partial charge in [0.05, 0.1) is 11.3 Å². The fraction of sp³-hybridized carbons (Fsp3) is 0.0435. The summed E-state index contributed by atoms with van der Waals surface area (Å²) in [5.41, 5.74) is 2.32. The minimum Gasteiger partial charge on any atom is -0.326 e. The van der Waals surface area contributed by atoms with Gasteiger partial charge in [0.15, 0.2) is 0 Å². The first-order chi connectivity index (χ1) is 14.9. The second-order valence-electron chi connectivity index (χ2n) is 6.58. The molecule has 2 N–H and O–H groups in total. The zero-order chi connectivity index (χ0) is 22.2. The molecule has 3 aromatic rings. The summed E-state index contributed by atoms with van der Waals surface area (Å²) >= 11 is 5.77. The van der Waals surface area contributed by atoms with Gasteiger partial charge in [-0.15, -0.1) is 0 Å². The Morgan fingerprint density at radius 3 is 2.23 bits per heavy atom. The lowest BCUT2D eigenvalue weighted by Gasteiger charge is -2.07. The Balaban J connectivity index is 1.55. The first-order valence-electron chi connectivity index (χ1n) is 9.27. The Labute approximate surface area is 183 Å². The van der Waals surface area contributed by atoms with Crippen LogP contribution in [-0.4, -0.2) is 16.7 Å². The van der Waals surface area contributed by atoms with Gasteiger partial charge in [-0.05, 0) is 47.5 Å². The molecule has 0 aliphatic heterocycles. The maximum absolute atomic E-state index is 12.1. The fourth-order valence-electron chi connectivity index (χ4n) is 2.75. The van der Waals surface area contributed by atoms with Crippen molar-refractivity contribution in [1.82, 2.24) is 0 Å². The minimum absolute atomic E-state index is 0.0301. The van der Waals surface area contributed by atoms with Crippen molar-refractivity contribution in [2.24, 2.45) is 0 Å². The first-order valence-corrected chi connectivity index (χ1v) is 9.65. The van der Waals surface area contributed by atoms with Crippen LogP contribution in [0.5, 0.6) is 0 Å². The average molecular weight is 436 g/mol. The molecule has 0 bridgehead atoms. The van der Waals surface area contributed by atoms with E-state index in [2.05, 4.69) is 10.6 Å². The standard InChI is InChI=1S/C23H18ClN3O4/c24-20-12-6-17(14-21(20)27(30)31)7-13-22(28)25-18-8-10-19(11-9-18)26-23(29)15-16-4-2-1-3-5-16/h1-14H,15H2,(H,25,28)(H,26,29)/b13-7+. The van der Waals surface area contributed by atoms with Crippen LogP contribution in [-0.2, 0) is 16.0 Å². The van der Waals surface area contributed by atoms with Crippen LogP contribution in [0.1, 0.15) is 11.1 Å². The number of nitro benzene ring substituents is 1. The quantitative estimate of drug-likeness (QED) is 0.307. The molecule has 0 radical (unpaired) electrons. The zero-order valence-electron chi connectivity index (χ0n) is 16.2. The molecule has 0 spiro atoms. The third-order valence-electron chi connectivity index (χ3n) is 4.24. The largest absolute Gasteiger partial charge is 0.326 e. The maximum atomic E-state index is 12.1. The highest BCUT2D eigenvalue weighted by molar-refractivity contribution is 6.32. The molecule has 0 atom stereocenters. The Hall–Kier alpha value is -3.97. The Morgan fingerprint density at radius 2 is 1.58 bits per heavy atom. The molecule has 2 amide bonds. The van der Waals surface area contributed by atoms with E-state index >= 15 is 0 Å². The maximum Gasteiger partial charge on any atom is 0.288 e. The van der Waals surface area contributed by atoms with Crippen molar-refractivity contribution in [2.75, 3.05) is 10.6 Å². The van der Waals surface area contributed by atoms with Gasteiger partial charge in [-0.3, -0.25) is 19.7 Å². The van der Waals surface area contributed by atoms with Crippen molar-refractivity contribution < 1.29 is 14.5 Å². The van der Waals surface area contributed by atoms with E-state index in [0.717, 1.165) is 5.56 Å². The number of rotatable bonds is 7. The minimum atomic E-state index is -0.583. The number of carbonyl (C=O) groups excluding carboxylic acids is 2. The van der Waals surface area contributed by atoms with Crippen LogP contribution in [0, 0.1) is 10.1 Å². The number of anilines is 2. The lowest BCUT2D eigenvalue weighted by atomic mass is 10.1. The molecule has 156 valence electrons. The van der Waals surface area contributed by atoms with Crippen LogP contribution in [0.25, 0.3) is 6.08 Å². The highest BCUT2D eigenvalue weighted by Gasteiger charge is 2.11. The highest BCUT2D eigenvalue weighted by Crippen LogP contribution is 2.25. The van der Waals surface area contributed by atoms with E-state index in [1.54, 1.807) is 30.3 Å². The predicted molar refractivity (Wildman–Crippen MR) is 121 cm³/mol. The van der Waals surface area contributed by atoms with Gasteiger partial charge in [-0.1, -0.05) is 48.0 Å². The lowest BCUT2D eigenvalue weighted by molar-refractivity contribution is -0.384. The summed E-state index contributed by atoms with van der Waals surface area (Å²) in [5, 5.41) is 16.4. The molecule has 31 heavy (non-hydrogen) atoms. The van der Waals surface area contributed by atoms with Crippen molar-refractivity contribution in [1.29, 1.82) is 0 Å². The summed E-state index contributed by atoms with van der Waals surface area (Å²) in [6.07, 6.45) is 2.99. The van der Waals surface area contributed by atoms with Gasteiger partial charge in [0, 0.05) is 23.5 Å². The lowest BCUT2D eigenvalue weighted by Crippen LogP contribution is -2.14. The third-order valence-corrected chi connectivity index (χ3v) is 4.56. The molecule has 0 saturated carbocycles. The number of halogens is 1. The summed E-state index contributed by atoms with van der Waals surface area (Å²) in [5.74, 6) is -0.540. The van der Waals surface area contributed by atoms with Gasteiger partial charge in [0.25, 0.3) is 5.69 Å². The normalized spacial score (nSPS) is 10.6. The van der Waals surface area contributed by atoms with Gasteiger partial charge in [-0.25, -0.2) is 0 Å². The molecule has 0 aromatic heterocycles. The van der Waals surface area contributed by atoms with Crippen LogP contribution >= 0.6 is 11.6 Å². The molecule has 7 nitrogen and oxygen atoms in total. The molecule has 3 aromatic carbocycles. The number of nitrogens with one attached hydrogen (secondary N) is 2. The van der Waals surface area contributed by atoms with Gasteiger partial charge >= 0.3 is 0 Å². The fourth-order valence-corrected chi connectivity index (χ4v) is 2.94. The molecule has 0 fully saturated rings. The van der Waals surface area contributed by atoms with Crippen LogP contribution in [0.4, 0.5) is 17.1 Å². The van der Waals surface area contributed by atoms with Crippen LogP contribution in [0.2, 0.25) is 5.02 Å². The van der Waals surface area contributed by atoms with E-state index in [4.69, 9.17) is 11.6 Å². The SMILES string of the molecule is O=C(/C=C/c1ccc(Cl)c([N+](=O)[O-])c1)Nc1ccc(NC(=O)Cc2ccccc2)cc1. The van der Waals surface area contributed by atoms with Gasteiger partial charge < -0.3 is 10.6 Å². The van der Waals surface area contributed by atoms with Crippen LogP contribution in [0.3, 0.4) is 0 Å². The molecule has 3 rings (SSSR count). The smallest absolute Gasteiger partial charge is 0.288 e. The van der Waals surface area contributed by atoms with E-state index in [1.165, 1.54) is 24.3 Å². The predicted octanol–water partition coefficient (Wildman–Crippen LogP) is 5.08. The summed E-state index contributed by atoms with van der Waals surface area (Å²) in [7, 11) is 0. The number of benzene rings is 3. The number of nitrogens with zero attached hydrogens (tertiary/aromatic N) is 1. The van der Waals surface area contributed by atoms with Crippen LogP contribution < -0.4 is 10.6 Å². The third kappa shape index (κ3) is 6.52. The van der Waals surface area contributed by atoms with Crippen molar-refractivity contribution >= 4 is 46.6 Å². The molecule has 0 aliphatic rings. The Morgan fingerprint density at radius 1 is 0.935 bits per heavy atom. The van der Waals surface area contributed by atoms with E-state index < -0.39 is 10.8 Å². The Bertz CT molecular complexity index is 1130. The number of hydrogen-bond acceptors (Lipinski definition) is 4. The van der Waals surface area contributed by atoms with Crippen molar-refractivity contribution in [3.8, 4) is 0 Å². The second-order valence-corrected chi connectivity index (χ2v) is 6.99. The van der Waals surface area contributed by atoms with Crippen molar-refractivity contribution in [3.63, 3.8) is 0 Å². The summed E-state index contributed by atoms with van der Waals surface area (Å²) < 4.78 is 0. The molecule has 0 aliphatic carbocycles. The average Bonchev–Trinajstić information content (AvgIpc) is 2.75. The topological polar surface area (TPSA) is 101 Å². The van der Waals surface area contributed by atoms with E-state index in [0.29, 0.717) is 16.9 Å². The molecule has 8 heteroatoms. The number of hydrogen-bond donors (Lipinski definition) is 2. The molecular weight excluding hydrogens is 418 g/mol. The molecule has 0 unspecified atom stereocenters. The van der Waals surface area contributed by atoms with E-state index in [-0.39, 0.29) is 23.0 Å². The molecular formula is C23H18ClN3O4. The first kappa shape index (κ1) is 21.7. The van der Waals surface area contributed by atoms with Gasteiger partial charge in [-0.2, -0.15) is 0 Å². The zero-order valence-corrected chi connectivity index (χ0v) is 17.0. The van der Waals surface area contributed by atoms with Gasteiger partial charge in [0.1, 0.15) is 5.02 Å². The van der Waals surface area contributed by atoms with E-state index in [9.17, 15) is 19.7 Å². The van der Waals surface area contributed by atoms with Gasteiger partial charge in [0.2, 0.25) is 11.8 Å². The summed E-state index contributed by atoms with van der Waals surface area (Å²) in [6.45, 7) is 0. The number of nitro groups is 1. The second kappa shape index (κ2) is 10.2. The molecule has 0 heterocycles. The van der Waals surface area contributed by atoms with Crippen LogP contribution in [0.15, 0.2) is 78.9 Å². The van der Waals surface area contributed by atoms with Crippen molar-refractivity contribution in [3.05, 3.63) is 105 Å². The highest BCUT2D eigenvalue weighted by atomic mass is 35.5. The summed E-state index contributed by atoms with van der Waals surface area (Å²) in [4.78, 5) is 34.6. The van der Waals surface area contributed by atoms with E-state index in [1.807, 2.05) is 30.3 Å². The molecule has 0 saturated heterocycles. The number of amides is 2. The Kier molecular flexibility index (Phi) is 7.13. The summed E-state index contributed by atoms with van der Waals surface area (Å²) in [6, 6.07) is 20.4. The monoisotopic (exact) mass is 435 g/mol. The van der Waals surface area contributed by atoms with Crippen molar-refractivity contribution in [2.45, 2.75) is 6.42 Å². The number of carbonyl (C=O) groups is 2.